The Morgan fingerprint density at radius 1 is 1.03 bits per heavy atom. The Bertz CT molecular complexity index is 1220. The van der Waals surface area contributed by atoms with E-state index in [0.29, 0.717) is 5.69 Å². The van der Waals surface area contributed by atoms with E-state index in [-0.39, 0.29) is 22.7 Å². The van der Waals surface area contributed by atoms with Gasteiger partial charge in [-0.2, -0.15) is 0 Å². The lowest BCUT2D eigenvalue weighted by atomic mass is 9.87. The second-order valence-electron chi connectivity index (χ2n) is 7.20. The van der Waals surface area contributed by atoms with Gasteiger partial charge in [0, 0.05) is 21.5 Å². The molecule has 0 saturated heterocycles. The van der Waals surface area contributed by atoms with Crippen LogP contribution >= 0.6 is 15.9 Å². The summed E-state index contributed by atoms with van der Waals surface area (Å²) in [6.07, 6.45) is 0. The standard InChI is InChI=1S/C24H20BrN3O3/c25-14-22(29)26-18-11-12-19-21(13-18)27-24(17-9-5-2-6-10-17)23(19)20(15-28(30)31)16-7-3-1-4-8-16/h1-13,20,27H,14-15H2,(H,26,29). The summed E-state index contributed by atoms with van der Waals surface area (Å²) in [5.74, 6) is -0.576. The van der Waals surface area contributed by atoms with Crippen molar-refractivity contribution in [3.8, 4) is 11.3 Å². The van der Waals surface area contributed by atoms with Crippen LogP contribution in [0.1, 0.15) is 17.0 Å². The molecule has 0 saturated carbocycles. The van der Waals surface area contributed by atoms with Crippen molar-refractivity contribution in [3.05, 3.63) is 100 Å². The number of nitrogens with one attached hydrogen (secondary N) is 2. The number of fused-ring (bicyclic) bond motifs is 1. The molecule has 0 radical (unpaired) electrons. The average molecular weight is 478 g/mol. The normalized spacial score (nSPS) is 11.9. The third-order valence-corrected chi connectivity index (χ3v) is 5.70. The molecule has 4 rings (SSSR count). The molecular weight excluding hydrogens is 458 g/mol. The zero-order valence-corrected chi connectivity index (χ0v) is 18.1. The molecule has 156 valence electrons. The van der Waals surface area contributed by atoms with Gasteiger partial charge in [0.2, 0.25) is 12.5 Å². The predicted octanol–water partition coefficient (Wildman–Crippen LogP) is 5.58. The van der Waals surface area contributed by atoms with E-state index in [1.54, 1.807) is 0 Å². The maximum Gasteiger partial charge on any atom is 0.235 e. The molecule has 0 bridgehead atoms. The Hall–Kier alpha value is -3.45. The van der Waals surface area contributed by atoms with E-state index in [4.69, 9.17) is 0 Å². The van der Waals surface area contributed by atoms with Gasteiger partial charge < -0.3 is 10.3 Å². The van der Waals surface area contributed by atoms with Crippen LogP contribution in [0.2, 0.25) is 0 Å². The lowest BCUT2D eigenvalue weighted by Crippen LogP contribution is -2.14. The van der Waals surface area contributed by atoms with Crippen molar-refractivity contribution in [2.24, 2.45) is 0 Å². The number of aromatic nitrogens is 1. The molecule has 3 aromatic carbocycles. The number of rotatable bonds is 7. The van der Waals surface area contributed by atoms with Crippen LogP contribution in [0, 0.1) is 10.1 Å². The Labute approximate surface area is 187 Å². The SMILES string of the molecule is O=C(CBr)Nc1ccc2c(C(C[N+](=O)[O-])c3ccccc3)c(-c3ccccc3)[nH]c2c1. The van der Waals surface area contributed by atoms with Crippen molar-refractivity contribution in [2.45, 2.75) is 5.92 Å². The maximum atomic E-state index is 11.8. The van der Waals surface area contributed by atoms with Crippen molar-refractivity contribution in [1.29, 1.82) is 0 Å². The van der Waals surface area contributed by atoms with Crippen LogP contribution in [-0.2, 0) is 4.79 Å². The third-order valence-electron chi connectivity index (χ3n) is 5.19. The van der Waals surface area contributed by atoms with E-state index in [9.17, 15) is 14.9 Å². The molecule has 0 aliphatic heterocycles. The Morgan fingerprint density at radius 3 is 2.35 bits per heavy atom. The largest absolute Gasteiger partial charge is 0.354 e. The first-order valence-electron chi connectivity index (χ1n) is 9.80. The quantitative estimate of drug-likeness (QED) is 0.207. The number of hydrogen-bond acceptors (Lipinski definition) is 3. The molecule has 7 heteroatoms. The van der Waals surface area contributed by atoms with Gasteiger partial charge in [0.15, 0.2) is 0 Å². The van der Waals surface area contributed by atoms with Crippen molar-refractivity contribution in [3.63, 3.8) is 0 Å². The summed E-state index contributed by atoms with van der Waals surface area (Å²) in [5, 5.41) is 15.5. The molecule has 1 atom stereocenters. The van der Waals surface area contributed by atoms with Gasteiger partial charge in [0.1, 0.15) is 0 Å². The highest BCUT2D eigenvalue weighted by Crippen LogP contribution is 2.39. The molecule has 1 unspecified atom stereocenters. The highest BCUT2D eigenvalue weighted by molar-refractivity contribution is 9.09. The van der Waals surface area contributed by atoms with Gasteiger partial charge in [0.25, 0.3) is 0 Å². The zero-order chi connectivity index (χ0) is 21.8. The van der Waals surface area contributed by atoms with Crippen LogP contribution < -0.4 is 5.32 Å². The van der Waals surface area contributed by atoms with Crippen LogP contribution in [0.3, 0.4) is 0 Å². The van der Waals surface area contributed by atoms with Crippen molar-refractivity contribution < 1.29 is 9.72 Å². The molecule has 1 aromatic heterocycles. The molecular formula is C24H20BrN3O3. The van der Waals surface area contributed by atoms with Crippen molar-refractivity contribution in [2.75, 3.05) is 17.2 Å². The number of alkyl halides is 1. The average Bonchev–Trinajstić information content (AvgIpc) is 3.17. The predicted molar refractivity (Wildman–Crippen MR) is 126 cm³/mol. The fraction of sp³-hybridized carbons (Fsp3) is 0.125. The van der Waals surface area contributed by atoms with E-state index in [0.717, 1.165) is 33.3 Å². The summed E-state index contributed by atoms with van der Waals surface area (Å²) < 4.78 is 0. The van der Waals surface area contributed by atoms with Crippen LogP contribution in [-0.4, -0.2) is 27.7 Å². The fourth-order valence-corrected chi connectivity index (χ4v) is 4.02. The minimum absolute atomic E-state index is 0.148. The Balaban J connectivity index is 1.94. The highest BCUT2D eigenvalue weighted by atomic mass is 79.9. The summed E-state index contributed by atoms with van der Waals surface area (Å²) in [4.78, 5) is 26.6. The molecule has 1 heterocycles. The summed E-state index contributed by atoms with van der Waals surface area (Å²) in [7, 11) is 0. The summed E-state index contributed by atoms with van der Waals surface area (Å²) in [5.41, 5.74) is 5.02. The lowest BCUT2D eigenvalue weighted by Gasteiger charge is -2.16. The second kappa shape index (κ2) is 9.14. The van der Waals surface area contributed by atoms with Crippen molar-refractivity contribution >= 4 is 38.4 Å². The van der Waals surface area contributed by atoms with Gasteiger partial charge in [0.05, 0.1) is 16.9 Å². The summed E-state index contributed by atoms with van der Waals surface area (Å²) >= 11 is 3.15. The molecule has 6 nitrogen and oxygen atoms in total. The Kier molecular flexibility index (Phi) is 6.13. The molecule has 0 fully saturated rings. The smallest absolute Gasteiger partial charge is 0.235 e. The minimum Gasteiger partial charge on any atom is -0.354 e. The number of benzene rings is 3. The molecule has 4 aromatic rings. The topological polar surface area (TPSA) is 88.0 Å². The van der Waals surface area contributed by atoms with Gasteiger partial charge in [-0.05, 0) is 28.8 Å². The van der Waals surface area contributed by atoms with Crippen LogP contribution in [0.4, 0.5) is 5.69 Å². The number of nitro groups is 1. The van der Waals surface area contributed by atoms with E-state index in [1.807, 2.05) is 78.9 Å². The summed E-state index contributed by atoms with van der Waals surface area (Å²) in [6, 6.07) is 24.9. The van der Waals surface area contributed by atoms with Crippen LogP contribution in [0.25, 0.3) is 22.2 Å². The number of anilines is 1. The monoisotopic (exact) mass is 477 g/mol. The minimum atomic E-state index is -0.428. The van der Waals surface area contributed by atoms with E-state index in [1.165, 1.54) is 0 Å². The van der Waals surface area contributed by atoms with Gasteiger partial charge in [-0.3, -0.25) is 14.9 Å². The molecule has 1 amide bonds. The van der Waals surface area contributed by atoms with E-state index in [2.05, 4.69) is 26.2 Å². The maximum absolute atomic E-state index is 11.8. The van der Waals surface area contributed by atoms with Gasteiger partial charge in [-0.25, -0.2) is 0 Å². The van der Waals surface area contributed by atoms with Crippen LogP contribution in [0.15, 0.2) is 78.9 Å². The molecule has 31 heavy (non-hydrogen) atoms. The Morgan fingerprint density at radius 2 is 1.71 bits per heavy atom. The second-order valence-corrected chi connectivity index (χ2v) is 7.76. The molecule has 0 spiro atoms. The first-order chi connectivity index (χ1) is 15.1. The van der Waals surface area contributed by atoms with E-state index >= 15 is 0 Å². The lowest BCUT2D eigenvalue weighted by molar-refractivity contribution is -0.481. The van der Waals surface area contributed by atoms with Crippen LogP contribution in [0.5, 0.6) is 0 Å². The number of amides is 1. The van der Waals surface area contributed by atoms with Gasteiger partial charge >= 0.3 is 0 Å². The number of H-pyrrole nitrogens is 1. The fourth-order valence-electron chi connectivity index (χ4n) is 3.88. The zero-order valence-electron chi connectivity index (χ0n) is 16.5. The number of hydrogen-bond donors (Lipinski definition) is 2. The van der Waals surface area contributed by atoms with Gasteiger partial charge in [-0.1, -0.05) is 82.7 Å². The first-order valence-corrected chi connectivity index (χ1v) is 10.9. The van der Waals surface area contributed by atoms with Crippen molar-refractivity contribution in [1.82, 2.24) is 4.98 Å². The number of carbonyl (C=O) groups is 1. The molecule has 0 aliphatic rings. The number of aromatic amines is 1. The molecule has 0 aliphatic carbocycles. The number of carbonyl (C=O) groups excluding carboxylic acids is 1. The summed E-state index contributed by atoms with van der Waals surface area (Å²) in [6.45, 7) is -0.223. The third kappa shape index (κ3) is 4.51. The van der Waals surface area contributed by atoms with E-state index < -0.39 is 5.92 Å². The molecule has 2 N–H and O–H groups in total. The number of halogens is 1. The highest BCUT2D eigenvalue weighted by Gasteiger charge is 2.27. The van der Waals surface area contributed by atoms with Gasteiger partial charge in [-0.15, -0.1) is 0 Å². The first kappa shape index (κ1) is 20.8. The number of nitrogens with zero attached hydrogens (tertiary/aromatic N) is 1.